The summed E-state index contributed by atoms with van der Waals surface area (Å²) in [6.07, 6.45) is 3.03. The van der Waals surface area contributed by atoms with E-state index in [0.29, 0.717) is 28.3 Å². The van der Waals surface area contributed by atoms with Crippen LogP contribution in [0.2, 0.25) is 5.02 Å². The fourth-order valence-electron chi connectivity index (χ4n) is 2.38. The van der Waals surface area contributed by atoms with Gasteiger partial charge in [-0.05, 0) is 23.6 Å². The van der Waals surface area contributed by atoms with Crippen molar-refractivity contribution in [2.75, 3.05) is 11.9 Å². The van der Waals surface area contributed by atoms with E-state index in [1.165, 1.54) is 12.3 Å². The number of nitrogens with zero attached hydrogens (tertiary/aromatic N) is 3. The highest BCUT2D eigenvalue weighted by Gasteiger charge is 2.17. The van der Waals surface area contributed by atoms with Crippen molar-refractivity contribution >= 4 is 40.2 Å². The Labute approximate surface area is 170 Å². The normalized spacial score (nSPS) is 12.3. The number of H-pyrrole nitrogens is 1. The van der Waals surface area contributed by atoms with Crippen molar-refractivity contribution in [3.8, 4) is 0 Å². The van der Waals surface area contributed by atoms with Crippen LogP contribution in [0.5, 0.6) is 0 Å². The topological polar surface area (TPSA) is 95.1 Å². The highest BCUT2D eigenvalue weighted by Crippen LogP contribution is 2.27. The minimum Gasteiger partial charge on any atom is -0.309 e. The summed E-state index contributed by atoms with van der Waals surface area (Å²) < 4.78 is 26.6. The van der Waals surface area contributed by atoms with Gasteiger partial charge < -0.3 is 5.32 Å². The first-order valence-electron chi connectivity index (χ1n) is 8.69. The van der Waals surface area contributed by atoms with Crippen LogP contribution in [0.4, 0.5) is 14.6 Å². The minimum absolute atomic E-state index is 0.0525. The van der Waals surface area contributed by atoms with Gasteiger partial charge in [0.25, 0.3) is 5.91 Å². The largest absolute Gasteiger partial charge is 0.309 e. The lowest BCUT2D eigenvalue weighted by molar-refractivity contribution is 0.0976. The summed E-state index contributed by atoms with van der Waals surface area (Å²) >= 11 is 6.20. The number of guanidine groups is 1. The maximum absolute atomic E-state index is 13.5. The summed E-state index contributed by atoms with van der Waals surface area (Å²) in [5.74, 6) is -2.37. The van der Waals surface area contributed by atoms with Crippen molar-refractivity contribution in [2.45, 2.75) is 20.8 Å². The molecule has 0 aliphatic rings. The number of carbonyl (C=O) groups is 1. The highest BCUT2D eigenvalue weighted by molar-refractivity contribution is 6.36. The molecule has 3 N–H and O–H groups in total. The molecule has 10 heteroatoms. The summed E-state index contributed by atoms with van der Waals surface area (Å²) in [6.45, 7) is 6.33. The van der Waals surface area contributed by atoms with Gasteiger partial charge in [-0.25, -0.2) is 8.78 Å². The summed E-state index contributed by atoms with van der Waals surface area (Å²) in [6, 6.07) is 2.89. The van der Waals surface area contributed by atoms with E-state index in [-0.39, 0.29) is 16.9 Å². The Hall–Kier alpha value is -3.07. The summed E-state index contributed by atoms with van der Waals surface area (Å²) in [4.78, 5) is 20.9. The molecule has 0 radical (unpaired) electrons. The molecule has 0 saturated carbocycles. The van der Waals surface area contributed by atoms with Gasteiger partial charge in [0, 0.05) is 18.3 Å². The average Bonchev–Trinajstić information content (AvgIpc) is 3.05. The van der Waals surface area contributed by atoms with Crippen molar-refractivity contribution < 1.29 is 13.6 Å². The van der Waals surface area contributed by atoms with Crippen LogP contribution in [0.3, 0.4) is 0 Å². The summed E-state index contributed by atoms with van der Waals surface area (Å²) in [5.41, 5.74) is 0.389. The maximum atomic E-state index is 13.5. The number of aliphatic imine (C=N–C) groups is 1. The molecule has 1 amide bonds. The number of aromatic amines is 1. The second kappa shape index (κ2) is 8.12. The van der Waals surface area contributed by atoms with Crippen molar-refractivity contribution in [3.05, 3.63) is 52.8 Å². The first-order chi connectivity index (χ1) is 13.6. The number of anilines is 1. The Morgan fingerprint density at radius 1 is 1.24 bits per heavy atom. The van der Waals surface area contributed by atoms with Gasteiger partial charge in [-0.1, -0.05) is 32.4 Å². The molecule has 0 atom stereocenters. The zero-order chi connectivity index (χ0) is 21.2. The smallest absolute Gasteiger partial charge is 0.258 e. The van der Waals surface area contributed by atoms with Crippen LogP contribution >= 0.6 is 11.6 Å². The van der Waals surface area contributed by atoms with Crippen LogP contribution < -0.4 is 10.6 Å². The zero-order valence-corrected chi connectivity index (χ0v) is 16.7. The second-order valence-electron chi connectivity index (χ2n) is 7.55. The molecule has 152 valence electrons. The van der Waals surface area contributed by atoms with Gasteiger partial charge in [-0.3, -0.25) is 25.2 Å². The van der Waals surface area contributed by atoms with Crippen molar-refractivity contribution in [2.24, 2.45) is 10.4 Å². The Kier molecular flexibility index (Phi) is 5.78. The molecule has 1 aromatic carbocycles. The molecule has 0 aliphatic heterocycles. The molecule has 29 heavy (non-hydrogen) atoms. The quantitative estimate of drug-likeness (QED) is 0.438. The Morgan fingerprint density at radius 2 is 2.00 bits per heavy atom. The molecule has 2 aromatic heterocycles. The molecular formula is C19H19ClF2N6O. The van der Waals surface area contributed by atoms with Gasteiger partial charge in [-0.15, -0.1) is 0 Å². The van der Waals surface area contributed by atoms with Crippen LogP contribution in [-0.2, 0) is 0 Å². The number of rotatable bonds is 3. The van der Waals surface area contributed by atoms with Gasteiger partial charge in [0.1, 0.15) is 0 Å². The van der Waals surface area contributed by atoms with Gasteiger partial charge in [0.2, 0.25) is 5.96 Å². The molecule has 0 spiro atoms. The number of aromatic nitrogens is 3. The molecule has 3 rings (SSSR count). The number of amides is 1. The van der Waals surface area contributed by atoms with E-state index in [9.17, 15) is 13.6 Å². The number of fused-ring (bicyclic) bond motifs is 1. The van der Waals surface area contributed by atoms with Crippen LogP contribution in [-0.4, -0.2) is 33.6 Å². The number of benzene rings is 1. The molecule has 7 nitrogen and oxygen atoms in total. The molecule has 0 saturated heterocycles. The predicted octanol–water partition coefficient (Wildman–Crippen LogP) is 4.13. The Bertz CT molecular complexity index is 1090. The number of pyridine rings is 1. The van der Waals surface area contributed by atoms with E-state index in [1.807, 2.05) is 20.8 Å². The van der Waals surface area contributed by atoms with Crippen molar-refractivity contribution in [1.82, 2.24) is 20.5 Å². The number of hydrogen-bond donors (Lipinski definition) is 3. The van der Waals surface area contributed by atoms with Crippen molar-refractivity contribution in [3.63, 3.8) is 0 Å². The molecule has 0 bridgehead atoms. The SMILES string of the molecule is CC(C)(C)CN=C(NC(=O)c1ccc(F)c(F)c1)Nc1n[nH]c2cncc(Cl)c12. The van der Waals surface area contributed by atoms with E-state index in [2.05, 4.69) is 30.8 Å². The zero-order valence-electron chi connectivity index (χ0n) is 16.0. The fraction of sp³-hybridized carbons (Fsp3) is 0.263. The highest BCUT2D eigenvalue weighted by atomic mass is 35.5. The maximum Gasteiger partial charge on any atom is 0.258 e. The van der Waals surface area contributed by atoms with Crippen LogP contribution in [0.25, 0.3) is 10.9 Å². The molecule has 0 aliphatic carbocycles. The monoisotopic (exact) mass is 420 g/mol. The van der Waals surface area contributed by atoms with Crippen molar-refractivity contribution in [1.29, 1.82) is 0 Å². The molecule has 0 fully saturated rings. The first-order valence-corrected chi connectivity index (χ1v) is 9.07. The Morgan fingerprint density at radius 3 is 2.69 bits per heavy atom. The van der Waals surface area contributed by atoms with Gasteiger partial charge >= 0.3 is 0 Å². The molecule has 0 unspecified atom stereocenters. The van der Waals surface area contributed by atoms with E-state index in [4.69, 9.17) is 11.6 Å². The average molecular weight is 421 g/mol. The number of carbonyl (C=O) groups excluding carboxylic acids is 1. The standard InChI is InChI=1S/C19H19ClF2N6O/c1-19(2,3)9-24-18(26-17(29)10-4-5-12(21)13(22)6-10)25-16-15-11(20)7-23-8-14(15)27-28-16/h4-8H,9H2,1-3H3,(H3,24,25,26,27,28,29). The van der Waals surface area contributed by atoms with Gasteiger partial charge in [0.15, 0.2) is 17.5 Å². The summed E-state index contributed by atoms with van der Waals surface area (Å²) in [7, 11) is 0. The lowest BCUT2D eigenvalue weighted by Crippen LogP contribution is -2.37. The lowest BCUT2D eigenvalue weighted by atomic mass is 9.97. The third-order valence-electron chi connectivity index (χ3n) is 3.79. The van der Waals surface area contributed by atoms with Crippen LogP contribution in [0, 0.1) is 17.0 Å². The second-order valence-corrected chi connectivity index (χ2v) is 7.96. The molecule has 2 heterocycles. The van der Waals surface area contributed by atoms with E-state index < -0.39 is 17.5 Å². The van der Waals surface area contributed by atoms with Gasteiger partial charge in [-0.2, -0.15) is 5.10 Å². The number of hydrogen-bond acceptors (Lipinski definition) is 4. The fourth-order valence-corrected chi connectivity index (χ4v) is 2.63. The first kappa shape index (κ1) is 20.7. The molecular weight excluding hydrogens is 402 g/mol. The minimum atomic E-state index is -1.11. The van der Waals surface area contributed by atoms with Crippen LogP contribution in [0.1, 0.15) is 31.1 Å². The number of halogens is 3. The third-order valence-corrected chi connectivity index (χ3v) is 4.07. The van der Waals surface area contributed by atoms with E-state index in [0.717, 1.165) is 12.1 Å². The number of nitrogens with one attached hydrogen (secondary N) is 3. The molecule has 3 aromatic rings. The van der Waals surface area contributed by atoms with E-state index in [1.54, 1.807) is 6.20 Å². The predicted molar refractivity (Wildman–Crippen MR) is 108 cm³/mol. The van der Waals surface area contributed by atoms with Gasteiger partial charge in [0.05, 0.1) is 22.1 Å². The third kappa shape index (κ3) is 5.05. The lowest BCUT2D eigenvalue weighted by Gasteiger charge is -2.17. The summed E-state index contributed by atoms with van der Waals surface area (Å²) in [5, 5.41) is 13.4. The Balaban J connectivity index is 1.90. The van der Waals surface area contributed by atoms with Crippen LogP contribution in [0.15, 0.2) is 35.6 Å². The van der Waals surface area contributed by atoms with E-state index >= 15 is 0 Å².